The summed E-state index contributed by atoms with van der Waals surface area (Å²) in [7, 11) is 0. The van der Waals surface area contributed by atoms with Crippen molar-refractivity contribution in [3.05, 3.63) is 33.6 Å². The third-order valence-corrected chi connectivity index (χ3v) is 3.91. The topological polar surface area (TPSA) is 32.3 Å². The fourth-order valence-electron chi connectivity index (χ4n) is 1.25. The molecule has 2 aromatic rings. The van der Waals surface area contributed by atoms with E-state index in [4.69, 9.17) is 5.21 Å². The van der Waals surface area contributed by atoms with Crippen LogP contribution in [0.5, 0.6) is 0 Å². The molecule has 0 aliphatic carbocycles. The molecule has 1 heterocycles. The predicted molar refractivity (Wildman–Crippen MR) is 58.2 cm³/mol. The highest BCUT2D eigenvalue weighted by molar-refractivity contribution is 9.10. The number of halogens is 1. The van der Waals surface area contributed by atoms with E-state index in [0.717, 1.165) is 9.35 Å². The van der Waals surface area contributed by atoms with Crippen molar-refractivity contribution in [3.8, 4) is 0 Å². The van der Waals surface area contributed by atoms with Gasteiger partial charge in [0.05, 0.1) is 6.54 Å². The molecule has 2 nitrogen and oxygen atoms in total. The summed E-state index contributed by atoms with van der Waals surface area (Å²) < 4.78 is 2.34. The van der Waals surface area contributed by atoms with Crippen LogP contribution in [-0.4, -0.2) is 5.21 Å². The second-order valence-corrected chi connectivity index (χ2v) is 4.70. The highest BCUT2D eigenvalue weighted by atomic mass is 79.9. The van der Waals surface area contributed by atoms with Gasteiger partial charge in [0.25, 0.3) is 0 Å². The molecule has 2 rings (SSSR count). The van der Waals surface area contributed by atoms with Crippen molar-refractivity contribution in [2.24, 2.45) is 0 Å². The molecule has 0 fully saturated rings. The summed E-state index contributed by atoms with van der Waals surface area (Å²) in [5.41, 5.74) is 2.16. The first kappa shape index (κ1) is 9.15. The smallest absolute Gasteiger partial charge is 0.0552 e. The number of nitrogens with one attached hydrogen (secondary N) is 1. The van der Waals surface area contributed by atoms with Crippen molar-refractivity contribution in [1.82, 2.24) is 5.48 Å². The third kappa shape index (κ3) is 1.76. The van der Waals surface area contributed by atoms with Crippen LogP contribution in [-0.2, 0) is 6.54 Å². The molecule has 0 aliphatic rings. The minimum Gasteiger partial charge on any atom is -0.316 e. The second kappa shape index (κ2) is 3.75. The van der Waals surface area contributed by atoms with Gasteiger partial charge in [0.15, 0.2) is 0 Å². The molecule has 0 aliphatic heterocycles. The summed E-state index contributed by atoms with van der Waals surface area (Å²) in [6, 6.07) is 8.18. The quantitative estimate of drug-likeness (QED) is 0.811. The number of thiophene rings is 1. The molecule has 0 bridgehead atoms. The van der Waals surface area contributed by atoms with Gasteiger partial charge in [-0.25, -0.2) is 5.48 Å². The molecular formula is C9H8BrNOS. The highest BCUT2D eigenvalue weighted by Gasteiger charge is 2.03. The summed E-state index contributed by atoms with van der Waals surface area (Å²) in [6.07, 6.45) is 0. The number of hydroxylamine groups is 1. The van der Waals surface area contributed by atoms with Crippen LogP contribution in [0.15, 0.2) is 28.7 Å². The highest BCUT2D eigenvalue weighted by Crippen LogP contribution is 2.31. The summed E-state index contributed by atoms with van der Waals surface area (Å²) >= 11 is 5.17. The average Bonchev–Trinajstić information content (AvgIpc) is 2.49. The number of fused-ring (bicyclic) bond motifs is 1. The maximum Gasteiger partial charge on any atom is 0.0552 e. The molecule has 0 spiro atoms. The molecule has 4 heteroatoms. The monoisotopic (exact) mass is 257 g/mol. The van der Waals surface area contributed by atoms with Crippen LogP contribution in [0.3, 0.4) is 0 Å². The van der Waals surface area contributed by atoms with Gasteiger partial charge in [-0.2, -0.15) is 0 Å². The maximum absolute atomic E-state index is 8.56. The van der Waals surface area contributed by atoms with E-state index in [9.17, 15) is 0 Å². The van der Waals surface area contributed by atoms with Gasteiger partial charge < -0.3 is 5.21 Å². The molecule has 0 atom stereocenters. The molecule has 0 amide bonds. The number of rotatable bonds is 2. The molecule has 0 saturated carbocycles. The van der Waals surface area contributed by atoms with Gasteiger partial charge in [-0.05, 0) is 33.4 Å². The van der Waals surface area contributed by atoms with Crippen molar-refractivity contribution in [3.63, 3.8) is 0 Å². The predicted octanol–water partition coefficient (Wildman–Crippen LogP) is 3.14. The Kier molecular flexibility index (Phi) is 2.64. The average molecular weight is 258 g/mol. The lowest BCUT2D eigenvalue weighted by Gasteiger charge is -1.90. The molecule has 0 saturated heterocycles. The van der Waals surface area contributed by atoms with Gasteiger partial charge in [-0.15, -0.1) is 11.3 Å². The Morgan fingerprint density at radius 2 is 2.31 bits per heavy atom. The van der Waals surface area contributed by atoms with Crippen LogP contribution < -0.4 is 5.48 Å². The van der Waals surface area contributed by atoms with Crippen LogP contribution in [0.4, 0.5) is 0 Å². The third-order valence-electron chi connectivity index (χ3n) is 1.80. The van der Waals surface area contributed by atoms with Gasteiger partial charge in [0, 0.05) is 14.0 Å². The van der Waals surface area contributed by atoms with Crippen LogP contribution >= 0.6 is 27.3 Å². The fraction of sp³-hybridized carbons (Fsp3) is 0.111. The largest absolute Gasteiger partial charge is 0.316 e. The van der Waals surface area contributed by atoms with E-state index in [2.05, 4.69) is 33.5 Å². The van der Waals surface area contributed by atoms with Crippen molar-refractivity contribution >= 4 is 37.4 Å². The molecular weight excluding hydrogens is 250 g/mol. The van der Waals surface area contributed by atoms with Crippen molar-refractivity contribution < 1.29 is 5.21 Å². The van der Waals surface area contributed by atoms with E-state index >= 15 is 0 Å². The zero-order valence-electron chi connectivity index (χ0n) is 6.75. The molecule has 0 unspecified atom stereocenters. The van der Waals surface area contributed by atoms with Crippen molar-refractivity contribution in [2.75, 3.05) is 0 Å². The van der Waals surface area contributed by atoms with Gasteiger partial charge in [-0.1, -0.05) is 12.1 Å². The number of benzene rings is 1. The van der Waals surface area contributed by atoms with Gasteiger partial charge in [-0.3, -0.25) is 0 Å². The van der Waals surface area contributed by atoms with Crippen LogP contribution in [0, 0.1) is 0 Å². The molecule has 68 valence electrons. The summed E-state index contributed by atoms with van der Waals surface area (Å²) in [5.74, 6) is 0. The zero-order chi connectivity index (χ0) is 9.26. The Balaban J connectivity index is 2.55. The first-order valence-corrected chi connectivity index (χ1v) is 5.46. The van der Waals surface area contributed by atoms with E-state index in [1.807, 2.05) is 12.1 Å². The van der Waals surface area contributed by atoms with Gasteiger partial charge >= 0.3 is 0 Å². The normalized spacial score (nSPS) is 10.9. The minimum absolute atomic E-state index is 0.506. The molecule has 1 aromatic heterocycles. The van der Waals surface area contributed by atoms with E-state index < -0.39 is 0 Å². The van der Waals surface area contributed by atoms with Crippen molar-refractivity contribution in [1.29, 1.82) is 0 Å². The maximum atomic E-state index is 8.56. The number of hydrogen-bond donors (Lipinski definition) is 2. The zero-order valence-corrected chi connectivity index (χ0v) is 9.15. The molecule has 13 heavy (non-hydrogen) atoms. The molecule has 2 N–H and O–H groups in total. The lowest BCUT2D eigenvalue weighted by Crippen LogP contribution is -2.03. The first-order chi connectivity index (χ1) is 6.31. The summed E-state index contributed by atoms with van der Waals surface area (Å²) in [6.45, 7) is 0.506. The lowest BCUT2D eigenvalue weighted by molar-refractivity contribution is 0.162. The van der Waals surface area contributed by atoms with Gasteiger partial charge in [0.2, 0.25) is 0 Å². The van der Waals surface area contributed by atoms with Crippen LogP contribution in [0.25, 0.3) is 10.1 Å². The van der Waals surface area contributed by atoms with Gasteiger partial charge in [0.1, 0.15) is 0 Å². The van der Waals surface area contributed by atoms with E-state index in [1.165, 1.54) is 10.1 Å². The molecule has 0 radical (unpaired) electrons. The van der Waals surface area contributed by atoms with Crippen LogP contribution in [0.1, 0.15) is 4.88 Å². The Bertz CT molecular complexity index is 426. The van der Waals surface area contributed by atoms with Crippen LogP contribution in [0.2, 0.25) is 0 Å². The summed E-state index contributed by atoms with van der Waals surface area (Å²) in [5, 5.41) is 9.77. The Hall–Kier alpha value is -0.420. The van der Waals surface area contributed by atoms with Crippen molar-refractivity contribution in [2.45, 2.75) is 6.54 Å². The Labute approximate surface area is 88.3 Å². The lowest BCUT2D eigenvalue weighted by atomic mass is 10.2. The SMILES string of the molecule is ONCc1cc2cccc(Br)c2s1. The Morgan fingerprint density at radius 1 is 1.46 bits per heavy atom. The summed E-state index contributed by atoms with van der Waals surface area (Å²) in [4.78, 5) is 1.13. The van der Waals surface area contributed by atoms with E-state index in [1.54, 1.807) is 11.3 Å². The Morgan fingerprint density at radius 3 is 3.00 bits per heavy atom. The number of hydrogen-bond acceptors (Lipinski definition) is 3. The standard InChI is InChI=1S/C9H8BrNOS/c10-8-3-1-2-6-4-7(5-11-12)13-9(6)8/h1-4,11-12H,5H2. The van der Waals surface area contributed by atoms with E-state index in [-0.39, 0.29) is 0 Å². The fourth-order valence-corrected chi connectivity index (χ4v) is 2.87. The second-order valence-electron chi connectivity index (χ2n) is 2.71. The van der Waals surface area contributed by atoms with E-state index in [0.29, 0.717) is 6.54 Å². The first-order valence-electron chi connectivity index (χ1n) is 3.85. The molecule has 1 aromatic carbocycles. The minimum atomic E-state index is 0.506.